The molecule has 136 valence electrons. The van der Waals surface area contributed by atoms with Gasteiger partial charge in [0.05, 0.1) is 6.54 Å². The lowest BCUT2D eigenvalue weighted by Gasteiger charge is -2.36. The molecule has 26 heavy (non-hydrogen) atoms. The first-order chi connectivity index (χ1) is 12.7. The first-order valence-electron chi connectivity index (χ1n) is 9.11. The zero-order valence-corrected chi connectivity index (χ0v) is 14.9. The molecule has 2 amide bonds. The molecule has 1 aliphatic heterocycles. The topological polar surface area (TPSA) is 52.7 Å². The number of rotatable bonds is 6. The molecule has 5 nitrogen and oxygen atoms in total. The summed E-state index contributed by atoms with van der Waals surface area (Å²) >= 11 is 0. The molecule has 1 N–H and O–H groups in total. The van der Waals surface area contributed by atoms with Crippen LogP contribution in [0.2, 0.25) is 0 Å². The molecule has 0 unspecified atom stereocenters. The molecule has 1 fully saturated rings. The minimum atomic E-state index is -0.0786. The molecular weight excluding hydrogens is 326 g/mol. The summed E-state index contributed by atoms with van der Waals surface area (Å²) in [6, 6.07) is 20.1. The van der Waals surface area contributed by atoms with Gasteiger partial charge in [-0.15, -0.1) is 0 Å². The second-order valence-electron chi connectivity index (χ2n) is 6.47. The first-order valence-corrected chi connectivity index (χ1v) is 9.11. The Hall–Kier alpha value is -2.82. The van der Waals surface area contributed by atoms with Gasteiger partial charge >= 0.3 is 0 Å². The number of amides is 2. The third kappa shape index (κ3) is 5.09. The van der Waals surface area contributed by atoms with Crippen molar-refractivity contribution in [3.63, 3.8) is 0 Å². The van der Waals surface area contributed by atoms with Crippen molar-refractivity contribution in [1.29, 1.82) is 0 Å². The van der Waals surface area contributed by atoms with Gasteiger partial charge in [0.1, 0.15) is 0 Å². The van der Waals surface area contributed by atoms with Crippen molar-refractivity contribution in [3.05, 3.63) is 66.2 Å². The Labute approximate surface area is 154 Å². The third-order valence-electron chi connectivity index (χ3n) is 4.67. The Morgan fingerprint density at radius 2 is 1.46 bits per heavy atom. The average Bonchev–Trinajstić information content (AvgIpc) is 2.72. The number of carbonyl (C=O) groups excluding carboxylic acids is 2. The number of hydrogen-bond donors (Lipinski definition) is 1. The average molecular weight is 351 g/mol. The van der Waals surface area contributed by atoms with Crippen LogP contribution in [0.25, 0.3) is 0 Å². The Morgan fingerprint density at radius 1 is 0.846 bits per heavy atom. The number of anilines is 1. The van der Waals surface area contributed by atoms with Gasteiger partial charge in [0.15, 0.2) is 0 Å². The van der Waals surface area contributed by atoms with Gasteiger partial charge in [-0.05, 0) is 24.1 Å². The standard InChI is InChI=1S/C21H25N3O2/c25-20(12-11-18-7-3-1-4-8-18)22-17-21(26)24-15-13-23(14-16-24)19-9-5-2-6-10-19/h1-10H,11-17H2,(H,22,25). The molecular formula is C21H25N3O2. The van der Waals surface area contributed by atoms with Crippen LogP contribution < -0.4 is 10.2 Å². The molecule has 0 aliphatic carbocycles. The lowest BCUT2D eigenvalue weighted by molar-refractivity contribution is -0.133. The van der Waals surface area contributed by atoms with Crippen molar-refractivity contribution in [3.8, 4) is 0 Å². The highest BCUT2D eigenvalue weighted by molar-refractivity contribution is 5.85. The van der Waals surface area contributed by atoms with Crippen molar-refractivity contribution >= 4 is 17.5 Å². The highest BCUT2D eigenvalue weighted by Crippen LogP contribution is 2.15. The van der Waals surface area contributed by atoms with Crippen molar-refractivity contribution in [2.75, 3.05) is 37.6 Å². The summed E-state index contributed by atoms with van der Waals surface area (Å²) in [5.41, 5.74) is 2.32. The van der Waals surface area contributed by atoms with E-state index in [1.165, 1.54) is 5.69 Å². The van der Waals surface area contributed by atoms with Crippen LogP contribution in [-0.2, 0) is 16.0 Å². The van der Waals surface area contributed by atoms with Gasteiger partial charge in [0, 0.05) is 38.3 Å². The van der Waals surface area contributed by atoms with Gasteiger partial charge in [0.25, 0.3) is 0 Å². The maximum atomic E-state index is 12.3. The molecule has 0 aromatic heterocycles. The number of carbonyl (C=O) groups is 2. The predicted octanol–water partition coefficient (Wildman–Crippen LogP) is 2.08. The number of nitrogens with zero attached hydrogens (tertiary/aromatic N) is 2. The summed E-state index contributed by atoms with van der Waals surface area (Å²) < 4.78 is 0. The second-order valence-corrected chi connectivity index (χ2v) is 6.47. The van der Waals surface area contributed by atoms with Crippen molar-refractivity contribution in [1.82, 2.24) is 10.2 Å². The van der Waals surface area contributed by atoms with E-state index in [2.05, 4.69) is 22.3 Å². The van der Waals surface area contributed by atoms with E-state index in [1.54, 1.807) is 0 Å². The molecule has 1 heterocycles. The van der Waals surface area contributed by atoms with E-state index in [9.17, 15) is 9.59 Å². The summed E-state index contributed by atoms with van der Waals surface area (Å²) in [4.78, 5) is 28.4. The summed E-state index contributed by atoms with van der Waals surface area (Å²) in [7, 11) is 0. The maximum absolute atomic E-state index is 12.3. The van der Waals surface area contributed by atoms with Crippen LogP contribution in [0.4, 0.5) is 5.69 Å². The van der Waals surface area contributed by atoms with E-state index in [-0.39, 0.29) is 18.4 Å². The molecule has 1 saturated heterocycles. The zero-order valence-electron chi connectivity index (χ0n) is 14.9. The molecule has 0 radical (unpaired) electrons. The van der Waals surface area contributed by atoms with Crippen LogP contribution in [0.15, 0.2) is 60.7 Å². The van der Waals surface area contributed by atoms with Crippen LogP contribution >= 0.6 is 0 Å². The van der Waals surface area contributed by atoms with E-state index in [4.69, 9.17) is 0 Å². The summed E-state index contributed by atoms with van der Waals surface area (Å²) in [5.74, 6) is -0.0871. The van der Waals surface area contributed by atoms with E-state index in [0.717, 1.165) is 18.7 Å². The monoisotopic (exact) mass is 351 g/mol. The van der Waals surface area contributed by atoms with Crippen molar-refractivity contribution < 1.29 is 9.59 Å². The summed E-state index contributed by atoms with van der Waals surface area (Å²) in [6.45, 7) is 3.09. The van der Waals surface area contributed by atoms with Crippen LogP contribution in [0.5, 0.6) is 0 Å². The zero-order chi connectivity index (χ0) is 18.2. The van der Waals surface area contributed by atoms with Gasteiger partial charge < -0.3 is 15.1 Å². The van der Waals surface area contributed by atoms with E-state index >= 15 is 0 Å². The number of aryl methyl sites for hydroxylation is 1. The van der Waals surface area contributed by atoms with Gasteiger partial charge in [-0.1, -0.05) is 48.5 Å². The molecule has 2 aromatic carbocycles. The molecule has 0 bridgehead atoms. The highest BCUT2D eigenvalue weighted by atomic mass is 16.2. The SMILES string of the molecule is O=C(CCc1ccccc1)NCC(=O)N1CCN(c2ccccc2)CC1. The summed E-state index contributed by atoms with van der Waals surface area (Å²) in [5, 5.41) is 2.75. The number of benzene rings is 2. The van der Waals surface area contributed by atoms with E-state index in [0.29, 0.717) is 25.9 Å². The Balaban J connectivity index is 1.37. The van der Waals surface area contributed by atoms with E-state index in [1.807, 2.05) is 53.4 Å². The maximum Gasteiger partial charge on any atom is 0.242 e. The normalized spacial score (nSPS) is 14.2. The molecule has 0 spiro atoms. The number of nitrogens with one attached hydrogen (secondary N) is 1. The number of para-hydroxylation sites is 1. The molecule has 3 rings (SSSR count). The van der Waals surface area contributed by atoms with E-state index < -0.39 is 0 Å². The summed E-state index contributed by atoms with van der Waals surface area (Å²) in [6.07, 6.45) is 1.09. The number of hydrogen-bond acceptors (Lipinski definition) is 3. The molecule has 5 heteroatoms. The number of piperazine rings is 1. The van der Waals surface area contributed by atoms with Gasteiger partial charge in [-0.3, -0.25) is 9.59 Å². The van der Waals surface area contributed by atoms with Crippen LogP contribution in [-0.4, -0.2) is 49.4 Å². The lowest BCUT2D eigenvalue weighted by Crippen LogP contribution is -2.51. The quantitative estimate of drug-likeness (QED) is 0.867. The Kier molecular flexibility index (Phi) is 6.25. The van der Waals surface area contributed by atoms with Crippen LogP contribution in [0, 0.1) is 0 Å². The third-order valence-corrected chi connectivity index (χ3v) is 4.67. The Bertz CT molecular complexity index is 711. The van der Waals surface area contributed by atoms with Gasteiger partial charge in [-0.2, -0.15) is 0 Å². The van der Waals surface area contributed by atoms with Crippen LogP contribution in [0.1, 0.15) is 12.0 Å². The fraction of sp³-hybridized carbons (Fsp3) is 0.333. The molecule has 0 atom stereocenters. The first kappa shape index (κ1) is 18.0. The van der Waals surface area contributed by atoms with Crippen molar-refractivity contribution in [2.45, 2.75) is 12.8 Å². The largest absolute Gasteiger partial charge is 0.368 e. The fourth-order valence-electron chi connectivity index (χ4n) is 3.13. The molecule has 0 saturated carbocycles. The highest BCUT2D eigenvalue weighted by Gasteiger charge is 2.21. The van der Waals surface area contributed by atoms with Gasteiger partial charge in [0.2, 0.25) is 11.8 Å². The molecule has 1 aliphatic rings. The fourth-order valence-corrected chi connectivity index (χ4v) is 3.13. The minimum absolute atomic E-state index is 0.00854. The Morgan fingerprint density at radius 3 is 2.12 bits per heavy atom. The van der Waals surface area contributed by atoms with Crippen molar-refractivity contribution in [2.24, 2.45) is 0 Å². The van der Waals surface area contributed by atoms with Gasteiger partial charge in [-0.25, -0.2) is 0 Å². The van der Waals surface area contributed by atoms with Crippen LogP contribution in [0.3, 0.4) is 0 Å². The molecule has 2 aromatic rings. The minimum Gasteiger partial charge on any atom is -0.368 e. The second kappa shape index (κ2) is 9.04. The predicted molar refractivity (Wildman–Crippen MR) is 103 cm³/mol. The lowest BCUT2D eigenvalue weighted by atomic mass is 10.1. The smallest absolute Gasteiger partial charge is 0.242 e.